The van der Waals surface area contributed by atoms with Crippen molar-refractivity contribution in [3.05, 3.63) is 59.5 Å². The fourth-order valence-corrected chi connectivity index (χ4v) is 3.57. The number of nitrogens with one attached hydrogen (secondary N) is 2. The molecule has 134 valence electrons. The van der Waals surface area contributed by atoms with Gasteiger partial charge in [-0.3, -0.25) is 15.0 Å². The molecule has 2 aromatic heterocycles. The topological polar surface area (TPSA) is 77.7 Å². The lowest BCUT2D eigenvalue weighted by Crippen LogP contribution is -2.39. The van der Waals surface area contributed by atoms with Crippen molar-refractivity contribution in [2.75, 3.05) is 13.1 Å². The fraction of sp³-hybridized carbons (Fsp3) is 0.350. The number of carbonyl (C=O) groups excluding carboxylic acids is 1. The minimum atomic E-state index is 0.0122. The van der Waals surface area contributed by atoms with E-state index in [0.717, 1.165) is 42.8 Å². The van der Waals surface area contributed by atoms with Crippen molar-refractivity contribution in [3.63, 3.8) is 0 Å². The Kier molecular flexibility index (Phi) is 4.56. The van der Waals surface area contributed by atoms with Gasteiger partial charge >= 0.3 is 0 Å². The summed E-state index contributed by atoms with van der Waals surface area (Å²) < 4.78 is 0. The fourth-order valence-electron chi connectivity index (χ4n) is 3.57. The Morgan fingerprint density at radius 3 is 2.81 bits per heavy atom. The van der Waals surface area contributed by atoms with Gasteiger partial charge in [-0.2, -0.15) is 10.2 Å². The number of aromatic amines is 2. The predicted molar refractivity (Wildman–Crippen MR) is 99.9 cm³/mol. The summed E-state index contributed by atoms with van der Waals surface area (Å²) in [6.07, 6.45) is 4.84. The van der Waals surface area contributed by atoms with Crippen LogP contribution in [-0.2, 0) is 6.42 Å². The van der Waals surface area contributed by atoms with E-state index in [1.165, 1.54) is 5.56 Å². The number of hydrogen-bond donors (Lipinski definition) is 2. The van der Waals surface area contributed by atoms with Gasteiger partial charge in [-0.05, 0) is 37.0 Å². The van der Waals surface area contributed by atoms with Crippen LogP contribution in [0.5, 0.6) is 0 Å². The number of carbonyl (C=O) groups is 1. The van der Waals surface area contributed by atoms with E-state index in [9.17, 15) is 4.79 Å². The van der Waals surface area contributed by atoms with Crippen LogP contribution >= 0.6 is 0 Å². The van der Waals surface area contributed by atoms with Crippen molar-refractivity contribution in [2.45, 2.75) is 32.1 Å². The number of benzene rings is 1. The Morgan fingerprint density at radius 1 is 1.23 bits per heavy atom. The summed E-state index contributed by atoms with van der Waals surface area (Å²) in [6, 6.07) is 12.2. The highest BCUT2D eigenvalue weighted by molar-refractivity contribution is 5.93. The highest BCUT2D eigenvalue weighted by Gasteiger charge is 2.27. The standard InChI is InChI=1S/C20H23N5O/c1-2-14-5-7-15(8-6-14)18-12-19(24-23-18)20(26)25-11-3-4-16(13-25)17-9-10-21-22-17/h5-10,12,16H,2-4,11,13H2,1H3,(H,21,22)(H,23,24). The highest BCUT2D eigenvalue weighted by Crippen LogP contribution is 2.26. The zero-order chi connectivity index (χ0) is 17.9. The van der Waals surface area contributed by atoms with Gasteiger partial charge in [-0.1, -0.05) is 31.2 Å². The number of aromatic nitrogens is 4. The van der Waals surface area contributed by atoms with Crippen LogP contribution in [0.4, 0.5) is 0 Å². The molecule has 1 aliphatic rings. The number of amides is 1. The Morgan fingerprint density at radius 2 is 2.08 bits per heavy atom. The Bertz CT molecular complexity index is 866. The van der Waals surface area contributed by atoms with E-state index in [4.69, 9.17) is 0 Å². The maximum Gasteiger partial charge on any atom is 0.271 e. The maximum atomic E-state index is 12.9. The average Bonchev–Trinajstić information content (AvgIpc) is 3.40. The van der Waals surface area contributed by atoms with E-state index in [1.54, 1.807) is 6.20 Å². The lowest BCUT2D eigenvalue weighted by molar-refractivity contribution is 0.0700. The van der Waals surface area contributed by atoms with Gasteiger partial charge in [-0.25, -0.2) is 0 Å². The first kappa shape index (κ1) is 16.6. The molecule has 1 saturated heterocycles. The minimum Gasteiger partial charge on any atom is -0.337 e. The molecule has 3 heterocycles. The quantitative estimate of drug-likeness (QED) is 0.758. The van der Waals surface area contributed by atoms with Gasteiger partial charge in [0.15, 0.2) is 0 Å². The van der Waals surface area contributed by atoms with Gasteiger partial charge < -0.3 is 4.90 Å². The molecule has 1 atom stereocenters. The van der Waals surface area contributed by atoms with Crippen LogP contribution in [0, 0.1) is 0 Å². The van der Waals surface area contributed by atoms with Crippen LogP contribution in [-0.4, -0.2) is 44.3 Å². The molecule has 0 radical (unpaired) electrons. The van der Waals surface area contributed by atoms with Crippen LogP contribution in [0.15, 0.2) is 42.6 Å². The Balaban J connectivity index is 1.48. The average molecular weight is 349 g/mol. The summed E-state index contributed by atoms with van der Waals surface area (Å²) in [4.78, 5) is 14.8. The minimum absolute atomic E-state index is 0.0122. The first-order valence-corrected chi connectivity index (χ1v) is 9.18. The van der Waals surface area contributed by atoms with Gasteiger partial charge in [0, 0.05) is 36.5 Å². The molecule has 6 heteroatoms. The molecule has 0 spiro atoms. The zero-order valence-corrected chi connectivity index (χ0v) is 14.9. The lowest BCUT2D eigenvalue weighted by Gasteiger charge is -2.31. The van der Waals surface area contributed by atoms with E-state index >= 15 is 0 Å². The SMILES string of the molecule is CCc1ccc(-c2cc(C(=O)N3CCCC(c4ccn[nH]4)C3)[nH]n2)cc1. The second-order valence-electron chi connectivity index (χ2n) is 6.82. The summed E-state index contributed by atoms with van der Waals surface area (Å²) in [5, 5.41) is 14.3. The van der Waals surface area contributed by atoms with Crippen LogP contribution in [0.2, 0.25) is 0 Å². The molecule has 0 saturated carbocycles. The van der Waals surface area contributed by atoms with Crippen molar-refractivity contribution >= 4 is 5.91 Å². The normalized spacial score (nSPS) is 17.4. The van der Waals surface area contributed by atoms with E-state index in [-0.39, 0.29) is 5.91 Å². The number of piperidine rings is 1. The second-order valence-corrected chi connectivity index (χ2v) is 6.82. The molecule has 0 aliphatic carbocycles. The van der Waals surface area contributed by atoms with Crippen LogP contribution in [0.1, 0.15) is 47.4 Å². The molecule has 1 unspecified atom stereocenters. The van der Waals surface area contributed by atoms with Crippen molar-refractivity contribution in [2.24, 2.45) is 0 Å². The third-order valence-electron chi connectivity index (χ3n) is 5.14. The summed E-state index contributed by atoms with van der Waals surface area (Å²) in [7, 11) is 0. The Labute approximate surface area is 152 Å². The zero-order valence-electron chi connectivity index (χ0n) is 14.9. The third kappa shape index (κ3) is 3.27. The van der Waals surface area contributed by atoms with Crippen LogP contribution in [0.3, 0.4) is 0 Å². The molecule has 1 aliphatic heterocycles. The van der Waals surface area contributed by atoms with Gasteiger partial charge in [0.25, 0.3) is 5.91 Å². The summed E-state index contributed by atoms with van der Waals surface area (Å²) in [5.41, 5.74) is 4.76. The third-order valence-corrected chi connectivity index (χ3v) is 5.14. The molecule has 26 heavy (non-hydrogen) atoms. The van der Waals surface area contributed by atoms with Gasteiger partial charge in [0.1, 0.15) is 5.69 Å². The summed E-state index contributed by atoms with van der Waals surface area (Å²) in [5.74, 6) is 0.331. The smallest absolute Gasteiger partial charge is 0.271 e. The summed E-state index contributed by atoms with van der Waals surface area (Å²) in [6.45, 7) is 3.62. The van der Waals surface area contributed by atoms with Crippen LogP contribution in [0.25, 0.3) is 11.3 Å². The monoisotopic (exact) mass is 349 g/mol. The summed E-state index contributed by atoms with van der Waals surface area (Å²) >= 11 is 0. The number of H-pyrrole nitrogens is 2. The largest absolute Gasteiger partial charge is 0.337 e. The number of likely N-dealkylation sites (tertiary alicyclic amines) is 1. The number of hydrogen-bond acceptors (Lipinski definition) is 3. The predicted octanol–water partition coefficient (Wildman–Crippen LogP) is 3.38. The highest BCUT2D eigenvalue weighted by atomic mass is 16.2. The molecule has 2 N–H and O–H groups in total. The van der Waals surface area contributed by atoms with Gasteiger partial charge in [0.2, 0.25) is 0 Å². The molecule has 4 rings (SSSR count). The van der Waals surface area contributed by atoms with E-state index in [0.29, 0.717) is 18.2 Å². The molecule has 0 bridgehead atoms. The second kappa shape index (κ2) is 7.15. The molecular formula is C20H23N5O. The molecule has 6 nitrogen and oxygen atoms in total. The van der Waals surface area contributed by atoms with Gasteiger partial charge in [-0.15, -0.1) is 0 Å². The van der Waals surface area contributed by atoms with E-state index in [1.807, 2.05) is 17.0 Å². The van der Waals surface area contributed by atoms with Crippen molar-refractivity contribution < 1.29 is 4.79 Å². The molecule has 1 aromatic carbocycles. The molecule has 1 fully saturated rings. The first-order chi connectivity index (χ1) is 12.7. The van der Waals surface area contributed by atoms with Crippen molar-refractivity contribution in [1.82, 2.24) is 25.3 Å². The van der Waals surface area contributed by atoms with E-state index in [2.05, 4.69) is 51.6 Å². The van der Waals surface area contributed by atoms with Crippen LogP contribution < -0.4 is 0 Å². The van der Waals surface area contributed by atoms with Crippen molar-refractivity contribution in [3.8, 4) is 11.3 Å². The molecular weight excluding hydrogens is 326 g/mol. The van der Waals surface area contributed by atoms with E-state index < -0.39 is 0 Å². The lowest BCUT2D eigenvalue weighted by atomic mass is 9.94. The molecule has 3 aromatic rings. The number of aryl methyl sites for hydroxylation is 1. The molecule has 1 amide bonds. The van der Waals surface area contributed by atoms with Gasteiger partial charge in [0.05, 0.1) is 5.69 Å². The van der Waals surface area contributed by atoms with Crippen molar-refractivity contribution in [1.29, 1.82) is 0 Å². The number of rotatable bonds is 4. The number of nitrogens with zero attached hydrogens (tertiary/aromatic N) is 3. The maximum absolute atomic E-state index is 12.9. The Hall–Kier alpha value is -2.89. The first-order valence-electron chi connectivity index (χ1n) is 9.18.